The molecule has 7 heteroatoms. The van der Waals surface area contributed by atoms with Gasteiger partial charge in [0.05, 0.1) is 12.7 Å². The van der Waals surface area contributed by atoms with E-state index in [0.717, 1.165) is 4.57 Å². The number of nitrogens with zero attached hydrogens (tertiary/aromatic N) is 2. The monoisotopic (exact) mass is 257 g/mol. The molecule has 18 heavy (non-hydrogen) atoms. The van der Waals surface area contributed by atoms with Crippen LogP contribution >= 0.6 is 0 Å². The zero-order valence-electron chi connectivity index (χ0n) is 9.99. The number of alkyl halides is 1. The molecular weight excluding hydrogens is 241 g/mol. The van der Waals surface area contributed by atoms with Crippen LogP contribution in [0.15, 0.2) is 17.1 Å². The van der Waals surface area contributed by atoms with Crippen LogP contribution in [-0.4, -0.2) is 33.5 Å². The van der Waals surface area contributed by atoms with Crippen LogP contribution in [0.1, 0.15) is 19.6 Å². The van der Waals surface area contributed by atoms with Crippen molar-refractivity contribution >= 4 is 5.82 Å². The van der Waals surface area contributed by atoms with E-state index in [1.54, 1.807) is 0 Å². The Balaban J connectivity index is 2.32. The van der Waals surface area contributed by atoms with Gasteiger partial charge in [-0.1, -0.05) is 6.92 Å². The van der Waals surface area contributed by atoms with Gasteiger partial charge in [-0.25, -0.2) is 9.18 Å². The Kier molecular flexibility index (Phi) is 3.63. The highest BCUT2D eigenvalue weighted by Crippen LogP contribution is 2.36. The molecule has 4 atom stereocenters. The number of halogens is 1. The Hall–Kier alpha value is -1.47. The van der Waals surface area contributed by atoms with E-state index in [1.807, 2.05) is 6.92 Å². The van der Waals surface area contributed by atoms with Crippen molar-refractivity contribution in [1.82, 2.24) is 9.55 Å². The van der Waals surface area contributed by atoms with Crippen LogP contribution in [-0.2, 0) is 4.74 Å². The minimum absolute atomic E-state index is 0.0791. The lowest BCUT2D eigenvalue weighted by molar-refractivity contribution is -0.0247. The molecule has 1 aromatic rings. The summed E-state index contributed by atoms with van der Waals surface area (Å²) in [5, 5.41) is 9.17. The van der Waals surface area contributed by atoms with Gasteiger partial charge in [0, 0.05) is 12.1 Å². The normalized spacial score (nSPS) is 31.7. The van der Waals surface area contributed by atoms with Crippen LogP contribution in [0, 0.1) is 5.92 Å². The van der Waals surface area contributed by atoms with Crippen molar-refractivity contribution in [2.24, 2.45) is 5.92 Å². The van der Waals surface area contributed by atoms with Crippen molar-refractivity contribution in [3.05, 3.63) is 22.7 Å². The first kappa shape index (κ1) is 13.0. The van der Waals surface area contributed by atoms with Gasteiger partial charge in [-0.3, -0.25) is 4.57 Å². The summed E-state index contributed by atoms with van der Waals surface area (Å²) in [7, 11) is 0. The van der Waals surface area contributed by atoms with E-state index in [2.05, 4.69) is 4.98 Å². The first-order chi connectivity index (χ1) is 8.58. The summed E-state index contributed by atoms with van der Waals surface area (Å²) < 4.78 is 20.7. The van der Waals surface area contributed by atoms with Gasteiger partial charge in [0.25, 0.3) is 0 Å². The third kappa shape index (κ3) is 2.11. The molecule has 1 aliphatic rings. The van der Waals surface area contributed by atoms with Crippen molar-refractivity contribution in [2.75, 3.05) is 12.3 Å². The van der Waals surface area contributed by atoms with E-state index >= 15 is 0 Å². The Morgan fingerprint density at radius 3 is 2.89 bits per heavy atom. The molecule has 1 saturated heterocycles. The fourth-order valence-electron chi connectivity index (χ4n) is 2.23. The number of aliphatic hydroxyl groups is 1. The molecular formula is C11H16FN3O3. The zero-order chi connectivity index (χ0) is 13.3. The van der Waals surface area contributed by atoms with Gasteiger partial charge in [-0.05, 0) is 12.5 Å². The number of rotatable bonds is 3. The lowest BCUT2D eigenvalue weighted by Crippen LogP contribution is -2.32. The van der Waals surface area contributed by atoms with E-state index in [9.17, 15) is 14.3 Å². The van der Waals surface area contributed by atoms with Crippen molar-refractivity contribution < 1.29 is 14.2 Å². The van der Waals surface area contributed by atoms with Gasteiger partial charge in [-0.15, -0.1) is 0 Å². The molecule has 3 N–H and O–H groups in total. The summed E-state index contributed by atoms with van der Waals surface area (Å²) in [6, 6.07) is 1.41. The first-order valence-corrected chi connectivity index (χ1v) is 5.83. The third-order valence-electron chi connectivity index (χ3n) is 3.21. The van der Waals surface area contributed by atoms with Crippen LogP contribution in [0.2, 0.25) is 0 Å². The predicted molar refractivity (Wildman–Crippen MR) is 62.6 cm³/mol. The predicted octanol–water partition coefficient (Wildman–Crippen LogP) is 0.0795. The fraction of sp³-hybridized carbons (Fsp3) is 0.636. The Labute approximate surface area is 103 Å². The van der Waals surface area contributed by atoms with Crippen LogP contribution in [0.3, 0.4) is 0 Å². The van der Waals surface area contributed by atoms with Gasteiger partial charge >= 0.3 is 5.69 Å². The van der Waals surface area contributed by atoms with E-state index in [1.165, 1.54) is 12.3 Å². The lowest BCUT2D eigenvalue weighted by atomic mass is 9.98. The molecule has 0 amide bonds. The van der Waals surface area contributed by atoms with Gasteiger partial charge in [0.2, 0.25) is 0 Å². The molecule has 0 aliphatic carbocycles. The first-order valence-electron chi connectivity index (χ1n) is 5.83. The standard InChI is InChI=1S/C11H16FN3O3/c1-2-7-6(5-16)9(12)10(18-7)15-4-3-8(13)14-11(15)17/h3-4,6-7,9-10,16H,2,5H2,1H3,(H2,13,14,17)/t6-,7?,9?,10?/m0/s1. The molecule has 6 nitrogen and oxygen atoms in total. The topological polar surface area (TPSA) is 90.4 Å². The highest BCUT2D eigenvalue weighted by Gasteiger charge is 2.45. The highest BCUT2D eigenvalue weighted by molar-refractivity contribution is 5.23. The maximum Gasteiger partial charge on any atom is 0.351 e. The zero-order valence-corrected chi connectivity index (χ0v) is 9.99. The fourth-order valence-corrected chi connectivity index (χ4v) is 2.23. The average molecular weight is 257 g/mol. The van der Waals surface area contributed by atoms with E-state index < -0.39 is 30.1 Å². The van der Waals surface area contributed by atoms with Gasteiger partial charge in [0.1, 0.15) is 5.82 Å². The van der Waals surface area contributed by atoms with E-state index in [4.69, 9.17) is 10.5 Å². The molecule has 3 unspecified atom stereocenters. The summed E-state index contributed by atoms with van der Waals surface area (Å²) in [6.45, 7) is 1.53. The average Bonchev–Trinajstić information content (AvgIpc) is 2.66. The number of hydrogen-bond acceptors (Lipinski definition) is 5. The molecule has 0 spiro atoms. The summed E-state index contributed by atoms with van der Waals surface area (Å²) in [5.74, 6) is -0.542. The minimum atomic E-state index is -1.44. The number of nitrogen functional groups attached to an aromatic ring is 1. The highest BCUT2D eigenvalue weighted by atomic mass is 19.1. The maximum absolute atomic E-state index is 14.2. The van der Waals surface area contributed by atoms with Crippen molar-refractivity contribution in [1.29, 1.82) is 0 Å². The second kappa shape index (κ2) is 5.03. The quantitative estimate of drug-likeness (QED) is 0.800. The molecule has 1 aliphatic heterocycles. The van der Waals surface area contributed by atoms with E-state index in [0.29, 0.717) is 6.42 Å². The summed E-state index contributed by atoms with van der Waals surface area (Å²) in [4.78, 5) is 15.2. The summed E-state index contributed by atoms with van der Waals surface area (Å²) in [5.41, 5.74) is 4.71. The van der Waals surface area contributed by atoms with Gasteiger partial charge in [0.15, 0.2) is 12.4 Å². The maximum atomic E-state index is 14.2. The third-order valence-corrected chi connectivity index (χ3v) is 3.21. The summed E-state index contributed by atoms with van der Waals surface area (Å²) in [6.07, 6.45) is -0.969. The second-order valence-corrected chi connectivity index (χ2v) is 4.31. The van der Waals surface area contributed by atoms with Gasteiger partial charge < -0.3 is 15.6 Å². The largest absolute Gasteiger partial charge is 0.396 e. The molecule has 0 aromatic carbocycles. The van der Waals surface area contributed by atoms with Crippen LogP contribution in [0.25, 0.3) is 0 Å². The number of ether oxygens (including phenoxy) is 1. The number of aliphatic hydroxyl groups excluding tert-OH is 1. The van der Waals surface area contributed by atoms with Crippen molar-refractivity contribution in [3.63, 3.8) is 0 Å². The number of nitrogens with two attached hydrogens (primary N) is 1. The SMILES string of the molecule is CCC1OC(n2ccc(N)nc2=O)C(F)[C@H]1CO. The molecule has 100 valence electrons. The molecule has 2 heterocycles. The van der Waals surface area contributed by atoms with Crippen LogP contribution in [0.5, 0.6) is 0 Å². The Morgan fingerprint density at radius 1 is 1.67 bits per heavy atom. The number of anilines is 1. The Morgan fingerprint density at radius 2 is 2.39 bits per heavy atom. The van der Waals surface area contributed by atoms with Gasteiger partial charge in [-0.2, -0.15) is 4.98 Å². The molecule has 2 rings (SSSR count). The van der Waals surface area contributed by atoms with Crippen LogP contribution < -0.4 is 11.4 Å². The Bertz CT molecular complexity index is 479. The van der Waals surface area contributed by atoms with Crippen LogP contribution in [0.4, 0.5) is 10.2 Å². The summed E-state index contributed by atoms with van der Waals surface area (Å²) >= 11 is 0. The molecule has 0 bridgehead atoms. The second-order valence-electron chi connectivity index (χ2n) is 4.31. The number of hydrogen-bond donors (Lipinski definition) is 2. The molecule has 1 aromatic heterocycles. The molecule has 0 radical (unpaired) electrons. The van der Waals surface area contributed by atoms with E-state index in [-0.39, 0.29) is 12.4 Å². The van der Waals surface area contributed by atoms with Crippen molar-refractivity contribution in [2.45, 2.75) is 31.8 Å². The molecule has 0 saturated carbocycles. The molecule has 1 fully saturated rings. The number of aromatic nitrogens is 2. The lowest BCUT2D eigenvalue weighted by Gasteiger charge is -2.16. The smallest absolute Gasteiger partial charge is 0.351 e. The van der Waals surface area contributed by atoms with Crippen molar-refractivity contribution in [3.8, 4) is 0 Å². The minimum Gasteiger partial charge on any atom is -0.396 e.